The molecule has 66 valence electrons. The highest BCUT2D eigenvalue weighted by Crippen LogP contribution is 2.19. The van der Waals surface area contributed by atoms with Crippen LogP contribution in [0.5, 0.6) is 0 Å². The van der Waals surface area contributed by atoms with Crippen molar-refractivity contribution < 1.29 is 0 Å². The molecule has 0 aromatic heterocycles. The molecule has 0 radical (unpaired) electrons. The molecular formula is C10H12Cl2. The first-order valence-corrected chi connectivity index (χ1v) is 4.97. The van der Waals surface area contributed by atoms with Crippen molar-refractivity contribution in [2.75, 3.05) is 0 Å². The van der Waals surface area contributed by atoms with Crippen LogP contribution in [0.25, 0.3) is 0 Å². The van der Waals surface area contributed by atoms with Crippen molar-refractivity contribution in [1.82, 2.24) is 0 Å². The van der Waals surface area contributed by atoms with E-state index in [-0.39, 0.29) is 0 Å². The second-order valence-electron chi connectivity index (χ2n) is 2.97. The summed E-state index contributed by atoms with van der Waals surface area (Å²) in [5.74, 6) is 1.09. The molecule has 0 aliphatic heterocycles. The Hall–Kier alpha value is -0.200. The minimum atomic E-state index is 0.545. The van der Waals surface area contributed by atoms with Crippen LogP contribution in [0, 0.1) is 13.8 Å². The van der Waals surface area contributed by atoms with E-state index in [9.17, 15) is 0 Å². The largest absolute Gasteiger partial charge is 0.122 e. The fraction of sp³-hybridized carbons (Fsp3) is 0.400. The van der Waals surface area contributed by atoms with E-state index in [1.54, 1.807) is 0 Å². The Morgan fingerprint density at radius 3 is 1.50 bits per heavy atom. The fourth-order valence-corrected chi connectivity index (χ4v) is 1.68. The van der Waals surface area contributed by atoms with E-state index >= 15 is 0 Å². The first kappa shape index (κ1) is 9.88. The van der Waals surface area contributed by atoms with Gasteiger partial charge in [0.15, 0.2) is 0 Å². The summed E-state index contributed by atoms with van der Waals surface area (Å²) in [5, 5.41) is 0. The number of halogens is 2. The average Bonchev–Trinajstić information content (AvgIpc) is 2.09. The number of benzene rings is 1. The summed E-state index contributed by atoms with van der Waals surface area (Å²) in [7, 11) is 0. The lowest BCUT2D eigenvalue weighted by atomic mass is 10.0. The van der Waals surface area contributed by atoms with Gasteiger partial charge in [0.05, 0.1) is 0 Å². The van der Waals surface area contributed by atoms with E-state index in [2.05, 4.69) is 26.0 Å². The van der Waals surface area contributed by atoms with Gasteiger partial charge in [-0.3, -0.25) is 0 Å². The Bertz CT molecular complexity index is 250. The topological polar surface area (TPSA) is 0 Å². The lowest BCUT2D eigenvalue weighted by Crippen LogP contribution is -1.92. The van der Waals surface area contributed by atoms with Crippen molar-refractivity contribution in [3.63, 3.8) is 0 Å². The van der Waals surface area contributed by atoms with Gasteiger partial charge in [0, 0.05) is 11.8 Å². The molecule has 0 N–H and O–H groups in total. The molecule has 1 aromatic rings. The van der Waals surface area contributed by atoms with E-state index in [1.807, 2.05) is 0 Å². The highest BCUT2D eigenvalue weighted by atomic mass is 35.5. The molecule has 1 aromatic carbocycles. The van der Waals surface area contributed by atoms with E-state index < -0.39 is 0 Å². The normalized spacial score (nSPS) is 10.3. The van der Waals surface area contributed by atoms with Crippen molar-refractivity contribution >= 4 is 23.2 Å². The standard InChI is InChI=1S/C10H12Cl2/c1-7-3-9(5-11)10(6-12)4-8(7)2/h3-4H,5-6H2,1-2H3. The summed E-state index contributed by atoms with van der Waals surface area (Å²) >= 11 is 11.6. The Balaban J connectivity index is 3.19. The van der Waals surface area contributed by atoms with Gasteiger partial charge in [-0.2, -0.15) is 0 Å². The smallest absolute Gasteiger partial charge is 0.0477 e. The van der Waals surface area contributed by atoms with Crippen LogP contribution in [0.3, 0.4) is 0 Å². The highest BCUT2D eigenvalue weighted by Gasteiger charge is 2.02. The van der Waals surface area contributed by atoms with Crippen LogP contribution < -0.4 is 0 Å². The Morgan fingerprint density at radius 1 is 0.917 bits per heavy atom. The molecule has 0 bridgehead atoms. The molecule has 0 atom stereocenters. The van der Waals surface area contributed by atoms with E-state index in [0.717, 1.165) is 11.1 Å². The van der Waals surface area contributed by atoms with Crippen LogP contribution >= 0.6 is 23.2 Å². The molecule has 12 heavy (non-hydrogen) atoms. The first-order chi connectivity index (χ1) is 5.69. The molecule has 0 saturated carbocycles. The Kier molecular flexibility index (Phi) is 3.42. The van der Waals surface area contributed by atoms with Crippen molar-refractivity contribution in [3.05, 3.63) is 34.4 Å². The third kappa shape index (κ3) is 1.94. The second-order valence-corrected chi connectivity index (χ2v) is 3.51. The number of alkyl halides is 2. The second kappa shape index (κ2) is 4.15. The molecule has 0 amide bonds. The maximum absolute atomic E-state index is 5.78. The first-order valence-electron chi connectivity index (χ1n) is 3.90. The number of aryl methyl sites for hydroxylation is 2. The Morgan fingerprint density at radius 2 is 1.25 bits per heavy atom. The van der Waals surface area contributed by atoms with Gasteiger partial charge in [0.25, 0.3) is 0 Å². The lowest BCUT2D eigenvalue weighted by molar-refractivity contribution is 1.20. The van der Waals surface area contributed by atoms with Crippen LogP contribution in [0.4, 0.5) is 0 Å². The predicted octanol–water partition coefficient (Wildman–Crippen LogP) is 3.78. The molecule has 0 unspecified atom stereocenters. The maximum atomic E-state index is 5.78. The van der Waals surface area contributed by atoms with Crippen LogP contribution in [0.1, 0.15) is 22.3 Å². The van der Waals surface area contributed by atoms with Crippen LogP contribution in [-0.4, -0.2) is 0 Å². The summed E-state index contributed by atoms with van der Waals surface area (Å²) in [6, 6.07) is 4.22. The molecule has 0 fully saturated rings. The summed E-state index contributed by atoms with van der Waals surface area (Å²) in [6.07, 6.45) is 0. The van der Waals surface area contributed by atoms with Gasteiger partial charge in [0.2, 0.25) is 0 Å². The minimum Gasteiger partial charge on any atom is -0.122 e. The van der Waals surface area contributed by atoms with Crippen molar-refractivity contribution in [3.8, 4) is 0 Å². The zero-order valence-corrected chi connectivity index (χ0v) is 8.84. The predicted molar refractivity (Wildman–Crippen MR) is 55.0 cm³/mol. The molecule has 0 saturated heterocycles. The molecule has 1 rings (SSSR count). The van der Waals surface area contributed by atoms with Gasteiger partial charge in [-0.1, -0.05) is 12.1 Å². The van der Waals surface area contributed by atoms with Gasteiger partial charge < -0.3 is 0 Å². The SMILES string of the molecule is Cc1cc(CCl)c(CCl)cc1C. The number of rotatable bonds is 2. The minimum absolute atomic E-state index is 0.545. The maximum Gasteiger partial charge on any atom is 0.0477 e. The molecule has 0 nitrogen and oxygen atoms in total. The molecular weight excluding hydrogens is 191 g/mol. The number of hydrogen-bond donors (Lipinski definition) is 0. The molecule has 0 aliphatic rings. The molecule has 2 heteroatoms. The average molecular weight is 203 g/mol. The van der Waals surface area contributed by atoms with Gasteiger partial charge in [-0.15, -0.1) is 23.2 Å². The third-order valence-electron chi connectivity index (χ3n) is 2.10. The lowest BCUT2D eigenvalue weighted by Gasteiger charge is -2.07. The zero-order chi connectivity index (χ0) is 9.14. The van der Waals surface area contributed by atoms with Crippen LogP contribution in [-0.2, 0) is 11.8 Å². The monoisotopic (exact) mass is 202 g/mol. The Labute approximate surface area is 83.5 Å². The van der Waals surface area contributed by atoms with E-state index in [1.165, 1.54) is 11.1 Å². The molecule has 0 heterocycles. The van der Waals surface area contributed by atoms with Crippen molar-refractivity contribution in [1.29, 1.82) is 0 Å². The quantitative estimate of drug-likeness (QED) is 0.641. The number of hydrogen-bond acceptors (Lipinski definition) is 0. The highest BCUT2D eigenvalue weighted by molar-refractivity contribution is 6.18. The van der Waals surface area contributed by atoms with Crippen LogP contribution in [0.15, 0.2) is 12.1 Å². The van der Waals surface area contributed by atoms with Crippen molar-refractivity contribution in [2.45, 2.75) is 25.6 Å². The fourth-order valence-electron chi connectivity index (χ4n) is 1.18. The van der Waals surface area contributed by atoms with Crippen molar-refractivity contribution in [2.24, 2.45) is 0 Å². The third-order valence-corrected chi connectivity index (χ3v) is 2.68. The zero-order valence-electron chi connectivity index (χ0n) is 7.32. The van der Waals surface area contributed by atoms with Gasteiger partial charge in [-0.25, -0.2) is 0 Å². The molecule has 0 aliphatic carbocycles. The van der Waals surface area contributed by atoms with Crippen LogP contribution in [0.2, 0.25) is 0 Å². The van der Waals surface area contributed by atoms with Gasteiger partial charge in [0.1, 0.15) is 0 Å². The van der Waals surface area contributed by atoms with Gasteiger partial charge >= 0.3 is 0 Å². The summed E-state index contributed by atoms with van der Waals surface area (Å²) in [6.45, 7) is 4.17. The summed E-state index contributed by atoms with van der Waals surface area (Å²) in [4.78, 5) is 0. The summed E-state index contributed by atoms with van der Waals surface area (Å²) in [5.41, 5.74) is 4.85. The van der Waals surface area contributed by atoms with Gasteiger partial charge in [-0.05, 0) is 36.1 Å². The summed E-state index contributed by atoms with van der Waals surface area (Å²) < 4.78 is 0. The molecule has 0 spiro atoms. The van der Waals surface area contributed by atoms with E-state index in [0.29, 0.717) is 11.8 Å². The van der Waals surface area contributed by atoms with E-state index in [4.69, 9.17) is 23.2 Å².